The van der Waals surface area contributed by atoms with E-state index in [9.17, 15) is 4.79 Å². The van der Waals surface area contributed by atoms with Gasteiger partial charge in [0.15, 0.2) is 11.6 Å². The van der Waals surface area contributed by atoms with Crippen LogP contribution < -0.4 is 0 Å². The van der Waals surface area contributed by atoms with Crippen LogP contribution in [0.25, 0.3) is 11.4 Å². The Morgan fingerprint density at radius 1 is 1.12 bits per heavy atom. The summed E-state index contributed by atoms with van der Waals surface area (Å²) in [6.45, 7) is 3.99. The monoisotopic (exact) mass is 337 g/mol. The van der Waals surface area contributed by atoms with E-state index in [-0.39, 0.29) is 11.0 Å². The van der Waals surface area contributed by atoms with Gasteiger partial charge in [-0.1, -0.05) is 73.3 Å². The van der Waals surface area contributed by atoms with Crippen molar-refractivity contribution < 1.29 is 4.79 Å². The van der Waals surface area contributed by atoms with Crippen molar-refractivity contribution in [1.29, 1.82) is 0 Å². The predicted molar refractivity (Wildman–Crippen MR) is 97.3 cm³/mol. The number of carbonyl (C=O) groups excluding carboxylic acids is 1. The second kappa shape index (κ2) is 7.45. The first kappa shape index (κ1) is 16.5. The Bertz CT molecular complexity index is 812. The molecule has 0 saturated carbocycles. The lowest BCUT2D eigenvalue weighted by Gasteiger charge is -2.08. The fourth-order valence-electron chi connectivity index (χ4n) is 2.38. The van der Waals surface area contributed by atoms with Gasteiger partial charge in [0.2, 0.25) is 5.16 Å². The lowest BCUT2D eigenvalue weighted by atomic mass is 10.1. The smallest absolute Gasteiger partial charge is 0.209 e. The number of aromatic amines is 1. The van der Waals surface area contributed by atoms with Crippen LogP contribution in [0.1, 0.15) is 29.8 Å². The maximum Gasteiger partial charge on any atom is 0.209 e. The van der Waals surface area contributed by atoms with Gasteiger partial charge in [-0.15, -0.1) is 5.10 Å². The molecular weight excluding hydrogens is 318 g/mol. The second-order valence-electron chi connectivity index (χ2n) is 5.51. The third-order valence-corrected chi connectivity index (χ3v) is 4.77. The van der Waals surface area contributed by atoms with Crippen molar-refractivity contribution >= 4 is 17.5 Å². The molecule has 0 amide bonds. The van der Waals surface area contributed by atoms with Crippen LogP contribution in [-0.4, -0.2) is 26.2 Å². The number of rotatable bonds is 6. The molecule has 4 nitrogen and oxygen atoms in total. The Kier molecular flexibility index (Phi) is 5.11. The van der Waals surface area contributed by atoms with Crippen molar-refractivity contribution in [3.05, 3.63) is 65.7 Å². The molecule has 0 aliphatic heterocycles. The summed E-state index contributed by atoms with van der Waals surface area (Å²) in [6.07, 6.45) is 0.970. The van der Waals surface area contributed by atoms with Gasteiger partial charge in [0, 0.05) is 11.1 Å². The zero-order valence-electron chi connectivity index (χ0n) is 13.7. The maximum absolute atomic E-state index is 12.5. The Hall–Kier alpha value is -2.40. The number of ketones is 1. The number of Topliss-reactive ketones (excluding diaryl/α,β-unsaturated/α-hetero) is 1. The highest BCUT2D eigenvalue weighted by atomic mass is 32.2. The van der Waals surface area contributed by atoms with Gasteiger partial charge < -0.3 is 0 Å². The van der Waals surface area contributed by atoms with Gasteiger partial charge in [0.05, 0.1) is 5.25 Å². The average Bonchev–Trinajstić information content (AvgIpc) is 3.10. The van der Waals surface area contributed by atoms with Crippen molar-refractivity contribution in [3.63, 3.8) is 0 Å². The summed E-state index contributed by atoms with van der Waals surface area (Å²) < 4.78 is 0. The van der Waals surface area contributed by atoms with Crippen LogP contribution in [-0.2, 0) is 6.42 Å². The molecule has 1 aromatic heterocycles. The molecule has 0 saturated heterocycles. The molecule has 0 spiro atoms. The molecule has 2 aromatic carbocycles. The maximum atomic E-state index is 12.5. The largest absolute Gasteiger partial charge is 0.293 e. The summed E-state index contributed by atoms with van der Waals surface area (Å²) in [6, 6.07) is 17.6. The molecule has 5 heteroatoms. The molecule has 24 heavy (non-hydrogen) atoms. The van der Waals surface area contributed by atoms with Crippen molar-refractivity contribution in [3.8, 4) is 11.4 Å². The van der Waals surface area contributed by atoms with E-state index < -0.39 is 0 Å². The van der Waals surface area contributed by atoms with Crippen LogP contribution in [0.5, 0.6) is 0 Å². The molecule has 0 fully saturated rings. The number of nitrogens with one attached hydrogen (secondary N) is 1. The highest BCUT2D eigenvalue weighted by molar-refractivity contribution is 8.00. The molecule has 0 aliphatic carbocycles. The highest BCUT2D eigenvalue weighted by Crippen LogP contribution is 2.25. The van der Waals surface area contributed by atoms with Gasteiger partial charge in [-0.25, -0.2) is 4.98 Å². The standard InChI is InChI=1S/C19H19N3OS/c1-3-14-9-11-15(12-10-14)17(23)13(2)24-19-20-18(21-22-19)16-7-5-4-6-8-16/h4-13H,3H2,1-2H3,(H,20,21,22)/t13-/m1/s1. The fraction of sp³-hybridized carbons (Fsp3) is 0.211. The third kappa shape index (κ3) is 3.74. The molecular formula is C19H19N3OS. The zero-order valence-corrected chi connectivity index (χ0v) is 14.5. The Labute approximate surface area is 145 Å². The van der Waals surface area contributed by atoms with Gasteiger partial charge in [-0.05, 0) is 18.9 Å². The minimum absolute atomic E-state index is 0.0914. The summed E-state index contributed by atoms with van der Waals surface area (Å²) in [7, 11) is 0. The van der Waals surface area contributed by atoms with E-state index in [0.717, 1.165) is 17.5 Å². The molecule has 1 atom stereocenters. The third-order valence-electron chi connectivity index (χ3n) is 3.81. The highest BCUT2D eigenvalue weighted by Gasteiger charge is 2.19. The second-order valence-corrected chi connectivity index (χ2v) is 6.82. The lowest BCUT2D eigenvalue weighted by Crippen LogP contribution is -2.13. The minimum Gasteiger partial charge on any atom is -0.293 e. The molecule has 0 aliphatic rings. The Morgan fingerprint density at radius 2 is 1.83 bits per heavy atom. The summed E-state index contributed by atoms with van der Waals surface area (Å²) in [5.41, 5.74) is 2.94. The molecule has 3 rings (SSSR count). The number of benzene rings is 2. The molecule has 0 radical (unpaired) electrons. The van der Waals surface area contributed by atoms with E-state index in [1.807, 2.05) is 61.5 Å². The van der Waals surface area contributed by atoms with Crippen LogP contribution in [0, 0.1) is 0 Å². The number of thioether (sulfide) groups is 1. The first-order chi connectivity index (χ1) is 11.7. The molecule has 1 N–H and O–H groups in total. The quantitative estimate of drug-likeness (QED) is 0.535. The number of hydrogen-bond acceptors (Lipinski definition) is 4. The molecule has 0 bridgehead atoms. The fourth-order valence-corrected chi connectivity index (χ4v) is 3.18. The SMILES string of the molecule is CCc1ccc(C(=O)[C@@H](C)Sc2n[nH]c(-c3ccccc3)n2)cc1. The molecule has 1 heterocycles. The zero-order chi connectivity index (χ0) is 16.9. The number of carbonyl (C=O) groups is 1. The minimum atomic E-state index is -0.239. The average molecular weight is 337 g/mol. The van der Waals surface area contributed by atoms with E-state index in [1.54, 1.807) is 0 Å². The van der Waals surface area contributed by atoms with Crippen molar-refractivity contribution in [1.82, 2.24) is 15.2 Å². The Morgan fingerprint density at radius 3 is 2.50 bits per heavy atom. The van der Waals surface area contributed by atoms with E-state index in [4.69, 9.17) is 0 Å². The number of aryl methyl sites for hydroxylation is 1. The first-order valence-electron chi connectivity index (χ1n) is 7.95. The summed E-state index contributed by atoms with van der Waals surface area (Å²) in [5, 5.41) is 7.48. The van der Waals surface area contributed by atoms with Crippen molar-refractivity contribution in [2.45, 2.75) is 30.7 Å². The first-order valence-corrected chi connectivity index (χ1v) is 8.83. The predicted octanol–water partition coefficient (Wildman–Crippen LogP) is 4.40. The van der Waals surface area contributed by atoms with Gasteiger partial charge in [0.1, 0.15) is 0 Å². The van der Waals surface area contributed by atoms with Gasteiger partial charge in [0.25, 0.3) is 0 Å². The van der Waals surface area contributed by atoms with E-state index >= 15 is 0 Å². The van der Waals surface area contributed by atoms with E-state index in [0.29, 0.717) is 11.0 Å². The van der Waals surface area contributed by atoms with E-state index in [2.05, 4.69) is 22.1 Å². The van der Waals surface area contributed by atoms with Crippen molar-refractivity contribution in [2.75, 3.05) is 0 Å². The molecule has 0 unspecified atom stereocenters. The number of hydrogen-bond donors (Lipinski definition) is 1. The van der Waals surface area contributed by atoms with Gasteiger partial charge in [-0.2, -0.15) is 0 Å². The summed E-state index contributed by atoms with van der Waals surface area (Å²) in [4.78, 5) is 17.0. The van der Waals surface area contributed by atoms with Crippen LogP contribution in [0.4, 0.5) is 0 Å². The van der Waals surface area contributed by atoms with Crippen LogP contribution in [0.3, 0.4) is 0 Å². The lowest BCUT2D eigenvalue weighted by molar-refractivity contribution is 0.0994. The molecule has 3 aromatic rings. The van der Waals surface area contributed by atoms with Gasteiger partial charge in [-0.3, -0.25) is 9.89 Å². The van der Waals surface area contributed by atoms with Crippen LogP contribution in [0.15, 0.2) is 59.8 Å². The van der Waals surface area contributed by atoms with E-state index in [1.165, 1.54) is 17.3 Å². The normalized spacial score (nSPS) is 12.1. The van der Waals surface area contributed by atoms with Crippen molar-refractivity contribution in [2.24, 2.45) is 0 Å². The summed E-state index contributed by atoms with van der Waals surface area (Å²) >= 11 is 1.37. The summed E-state index contributed by atoms with van der Waals surface area (Å²) in [5.74, 6) is 0.804. The number of aromatic nitrogens is 3. The number of H-pyrrole nitrogens is 1. The molecule has 122 valence electrons. The Balaban J connectivity index is 1.69. The number of nitrogens with zero attached hydrogens (tertiary/aromatic N) is 2. The van der Waals surface area contributed by atoms with Crippen LogP contribution in [0.2, 0.25) is 0 Å². The topological polar surface area (TPSA) is 58.6 Å². The van der Waals surface area contributed by atoms with Crippen LogP contribution >= 0.6 is 11.8 Å². The van der Waals surface area contributed by atoms with Gasteiger partial charge >= 0.3 is 0 Å².